The van der Waals surface area contributed by atoms with Gasteiger partial charge >= 0.3 is 0 Å². The van der Waals surface area contributed by atoms with Gasteiger partial charge in [-0.2, -0.15) is 0 Å². The third-order valence-electron chi connectivity index (χ3n) is 7.70. The minimum absolute atomic E-state index is 0. The number of hydrogen-bond donors (Lipinski definition) is 1. The first kappa shape index (κ1) is 35.1. The zero-order valence-electron chi connectivity index (χ0n) is 28.0. The van der Waals surface area contributed by atoms with Gasteiger partial charge in [-0.05, 0) is 36.1 Å². The minimum Gasteiger partial charge on any atom is -0.512 e. The van der Waals surface area contributed by atoms with Crippen molar-refractivity contribution in [3.05, 3.63) is 84.4 Å². The van der Waals surface area contributed by atoms with E-state index in [9.17, 15) is 9.90 Å². The first-order valence-corrected chi connectivity index (χ1v) is 15.1. The second-order valence-corrected chi connectivity index (χ2v) is 14.7. The number of aliphatic hydroxyl groups excluding tert-OH is 1. The van der Waals surface area contributed by atoms with Gasteiger partial charge in [-0.15, -0.1) is 35.4 Å². The maximum atomic E-state index is 11.5. The third kappa shape index (κ3) is 7.30. The van der Waals surface area contributed by atoms with Crippen molar-refractivity contribution in [2.24, 2.45) is 10.8 Å². The van der Waals surface area contributed by atoms with E-state index in [0.717, 1.165) is 22.3 Å². The molecule has 235 valence electrons. The molecule has 6 heteroatoms. The fourth-order valence-electron chi connectivity index (χ4n) is 4.95. The van der Waals surface area contributed by atoms with Gasteiger partial charge in [0.2, 0.25) is 0 Å². The predicted octanol–water partition coefficient (Wildman–Crippen LogP) is 10.2. The summed E-state index contributed by atoms with van der Waals surface area (Å²) in [6.07, 6.45) is 3.02. The summed E-state index contributed by atoms with van der Waals surface area (Å²) in [4.78, 5) is 21.0. The van der Waals surface area contributed by atoms with E-state index in [2.05, 4.69) is 99.8 Å². The Morgan fingerprint density at radius 3 is 2.07 bits per heavy atom. The van der Waals surface area contributed by atoms with E-state index < -0.39 is 5.41 Å². The van der Waals surface area contributed by atoms with E-state index in [-0.39, 0.29) is 42.5 Å². The molecule has 0 amide bonds. The van der Waals surface area contributed by atoms with Crippen LogP contribution in [0.15, 0.2) is 72.8 Å². The van der Waals surface area contributed by atoms with Gasteiger partial charge in [0.15, 0.2) is 5.78 Å². The van der Waals surface area contributed by atoms with Crippen LogP contribution in [0.4, 0.5) is 0 Å². The summed E-state index contributed by atoms with van der Waals surface area (Å²) in [6, 6.07) is 23.2. The minimum atomic E-state index is -0.417. The van der Waals surface area contributed by atoms with E-state index in [1.54, 1.807) is 6.33 Å². The first-order valence-electron chi connectivity index (χ1n) is 15.1. The van der Waals surface area contributed by atoms with Crippen molar-refractivity contribution in [2.75, 3.05) is 0 Å². The maximum Gasteiger partial charge on any atom is 0.164 e. The standard InChI is InChI=1S/C27H26N3.C11H20O2.Ir/c1-17(2)30-22-15-12-18-8-6-7-9-21(18)23(22)24-25(28-16-29-26(24)30)19-10-13-20(14-11-19)27(3,4)5;1-10(2,3)8(12)7-9(13)11(4,5)6;/h6-10,12-17H,1-5H3;7,12H,1-6H3;/q-1;;/b;8-7-;. The molecule has 0 aliphatic carbocycles. The molecule has 3 aromatic carbocycles. The summed E-state index contributed by atoms with van der Waals surface area (Å²) in [7, 11) is 0. The van der Waals surface area contributed by atoms with Gasteiger partial charge in [0.1, 0.15) is 17.7 Å². The Morgan fingerprint density at radius 1 is 0.864 bits per heavy atom. The van der Waals surface area contributed by atoms with Crippen LogP contribution in [0, 0.1) is 16.9 Å². The molecule has 0 bridgehead atoms. The number of nitrogens with zero attached hydrogens (tertiary/aromatic N) is 3. The molecule has 0 spiro atoms. The van der Waals surface area contributed by atoms with Crippen molar-refractivity contribution in [3.63, 3.8) is 0 Å². The normalized spacial score (nSPS) is 12.8. The zero-order chi connectivity index (χ0) is 31.9. The average molecular weight is 769 g/mol. The molecule has 0 unspecified atom stereocenters. The Labute approximate surface area is 276 Å². The van der Waals surface area contributed by atoms with Crippen molar-refractivity contribution < 1.29 is 30.0 Å². The monoisotopic (exact) mass is 769 g/mol. The van der Waals surface area contributed by atoms with Gasteiger partial charge in [-0.25, -0.2) is 4.98 Å². The predicted molar refractivity (Wildman–Crippen MR) is 181 cm³/mol. The van der Waals surface area contributed by atoms with Crippen molar-refractivity contribution in [3.8, 4) is 11.3 Å². The van der Waals surface area contributed by atoms with E-state index in [4.69, 9.17) is 9.97 Å². The Morgan fingerprint density at radius 2 is 1.52 bits per heavy atom. The number of rotatable bonds is 3. The summed E-state index contributed by atoms with van der Waals surface area (Å²) in [5.74, 6) is 0.104. The Hall–Kier alpha value is -3.34. The van der Waals surface area contributed by atoms with Crippen LogP contribution in [0.1, 0.15) is 87.8 Å². The maximum absolute atomic E-state index is 11.5. The van der Waals surface area contributed by atoms with Crippen LogP contribution in [-0.4, -0.2) is 25.4 Å². The summed E-state index contributed by atoms with van der Waals surface area (Å²) < 4.78 is 2.33. The average Bonchev–Trinajstić information content (AvgIpc) is 3.27. The van der Waals surface area contributed by atoms with Crippen LogP contribution in [0.5, 0.6) is 0 Å². The summed E-state index contributed by atoms with van der Waals surface area (Å²) in [6.45, 7) is 22.2. The number of carbonyl (C=O) groups excluding carboxylic acids is 1. The summed E-state index contributed by atoms with van der Waals surface area (Å²) >= 11 is 0. The first-order chi connectivity index (χ1) is 19.9. The van der Waals surface area contributed by atoms with Gasteiger partial charge in [-0.3, -0.25) is 9.78 Å². The molecule has 1 N–H and O–H groups in total. The molecule has 0 atom stereocenters. The van der Waals surface area contributed by atoms with Gasteiger partial charge < -0.3 is 9.67 Å². The van der Waals surface area contributed by atoms with E-state index in [1.807, 2.05) is 41.5 Å². The van der Waals surface area contributed by atoms with Crippen molar-refractivity contribution in [1.82, 2.24) is 14.5 Å². The van der Waals surface area contributed by atoms with E-state index in [0.29, 0.717) is 6.04 Å². The van der Waals surface area contributed by atoms with Crippen molar-refractivity contribution >= 4 is 38.5 Å². The molecular weight excluding hydrogens is 723 g/mol. The molecule has 5 nitrogen and oxygen atoms in total. The van der Waals surface area contributed by atoms with Gasteiger partial charge in [0.05, 0.1) is 5.52 Å². The largest absolute Gasteiger partial charge is 0.512 e. The topological polar surface area (TPSA) is 68.0 Å². The Balaban J connectivity index is 0.000000324. The van der Waals surface area contributed by atoms with Crippen LogP contribution in [0.25, 0.3) is 44.0 Å². The zero-order valence-corrected chi connectivity index (χ0v) is 30.4. The summed E-state index contributed by atoms with van der Waals surface area (Å²) in [5.41, 5.74) is 4.74. The second kappa shape index (κ2) is 12.9. The number of allylic oxidation sites excluding steroid dienone is 2. The number of ketones is 1. The van der Waals surface area contributed by atoms with Crippen LogP contribution >= 0.6 is 0 Å². The van der Waals surface area contributed by atoms with Crippen LogP contribution < -0.4 is 0 Å². The molecule has 2 heterocycles. The molecule has 0 aliphatic rings. The quantitative estimate of drug-likeness (QED) is 0.113. The van der Waals surface area contributed by atoms with Crippen molar-refractivity contribution in [1.29, 1.82) is 0 Å². The third-order valence-corrected chi connectivity index (χ3v) is 7.70. The van der Waals surface area contributed by atoms with Gasteiger partial charge in [0.25, 0.3) is 0 Å². The molecule has 0 saturated heterocycles. The number of benzene rings is 3. The SMILES string of the molecule is CC(C)(C)C(=O)/C=C(\O)C(C)(C)C.CC(C)n1c2ccc3ccccc3c2c2c(-c3[c-]cc(C(C)(C)C)cc3)ncnc21.[Ir]. The number of fused-ring (bicyclic) bond motifs is 5. The fourth-order valence-corrected chi connectivity index (χ4v) is 4.95. The number of hydrogen-bond acceptors (Lipinski definition) is 4. The molecule has 0 fully saturated rings. The molecule has 5 rings (SSSR count). The van der Waals surface area contributed by atoms with Crippen molar-refractivity contribution in [2.45, 2.75) is 87.6 Å². The molecule has 44 heavy (non-hydrogen) atoms. The Bertz CT molecular complexity index is 1810. The number of carbonyl (C=O) groups is 1. The summed E-state index contributed by atoms with van der Waals surface area (Å²) in [5, 5.41) is 14.4. The molecule has 5 aromatic rings. The fraction of sp³-hybridized carbons (Fsp3) is 0.395. The smallest absolute Gasteiger partial charge is 0.164 e. The molecule has 0 aliphatic heterocycles. The molecular formula is C38H46IrN3O2-. The number of aromatic nitrogens is 3. The molecule has 1 radical (unpaired) electrons. The van der Waals surface area contributed by atoms with E-state index >= 15 is 0 Å². The van der Waals surface area contributed by atoms with Gasteiger partial charge in [-0.1, -0.05) is 92.6 Å². The van der Waals surface area contributed by atoms with Crippen LogP contribution in [0.3, 0.4) is 0 Å². The Kier molecular flexibility index (Phi) is 10.3. The molecule has 2 aromatic heterocycles. The molecule has 0 saturated carbocycles. The number of aliphatic hydroxyl groups is 1. The van der Waals surface area contributed by atoms with Crippen LogP contribution in [0.2, 0.25) is 0 Å². The van der Waals surface area contributed by atoms with Gasteiger partial charge in [0, 0.05) is 59.5 Å². The second-order valence-electron chi connectivity index (χ2n) is 14.7. The van der Waals surface area contributed by atoms with Crippen LogP contribution in [-0.2, 0) is 30.3 Å². The van der Waals surface area contributed by atoms with E-state index in [1.165, 1.54) is 33.3 Å².